The van der Waals surface area contributed by atoms with Gasteiger partial charge in [0.05, 0.1) is 17.7 Å². The van der Waals surface area contributed by atoms with Crippen molar-refractivity contribution in [2.24, 2.45) is 0 Å². The second kappa shape index (κ2) is 10.5. The highest BCUT2D eigenvalue weighted by molar-refractivity contribution is 7.87. The second-order valence-corrected chi connectivity index (χ2v) is 8.66. The van der Waals surface area contributed by atoms with Gasteiger partial charge in [-0.3, -0.25) is 14.9 Å². The van der Waals surface area contributed by atoms with Crippen LogP contribution < -0.4 is 14.2 Å². The first-order chi connectivity index (χ1) is 16.7. The number of carbonyl (C=O) groups is 1. The standard InChI is InChI=1S/C24H19N3O7S/c1-16-11-12-19(27(29)30)14-21(16)26-24(28)18(15-25)13-17-7-6-10-22(33-2)23(17)34-35(31,32)20-8-4-3-5-9-20/h3-14H,1-2H3,(H,26,28)/b18-13+. The molecule has 3 rings (SSSR count). The summed E-state index contributed by atoms with van der Waals surface area (Å²) in [4.78, 5) is 23.1. The normalized spacial score (nSPS) is 11.3. The van der Waals surface area contributed by atoms with Crippen LogP contribution >= 0.6 is 0 Å². The molecule has 0 fully saturated rings. The summed E-state index contributed by atoms with van der Waals surface area (Å²) in [6.07, 6.45) is 1.14. The minimum absolute atomic E-state index is 0.0606. The molecule has 178 valence electrons. The van der Waals surface area contributed by atoms with Crippen LogP contribution in [0.2, 0.25) is 0 Å². The van der Waals surface area contributed by atoms with Gasteiger partial charge in [-0.1, -0.05) is 36.4 Å². The van der Waals surface area contributed by atoms with Crippen molar-refractivity contribution in [2.45, 2.75) is 11.8 Å². The van der Waals surface area contributed by atoms with Crippen molar-refractivity contribution in [3.63, 3.8) is 0 Å². The minimum Gasteiger partial charge on any atom is -0.493 e. The highest BCUT2D eigenvalue weighted by Crippen LogP contribution is 2.35. The van der Waals surface area contributed by atoms with Crippen molar-refractivity contribution in [1.29, 1.82) is 5.26 Å². The van der Waals surface area contributed by atoms with E-state index in [-0.39, 0.29) is 33.3 Å². The number of amides is 1. The average molecular weight is 493 g/mol. The van der Waals surface area contributed by atoms with Crippen LogP contribution in [-0.4, -0.2) is 26.4 Å². The zero-order valence-corrected chi connectivity index (χ0v) is 19.4. The van der Waals surface area contributed by atoms with E-state index in [1.165, 1.54) is 67.8 Å². The van der Waals surface area contributed by atoms with E-state index >= 15 is 0 Å². The predicted molar refractivity (Wildman–Crippen MR) is 127 cm³/mol. The molecule has 1 N–H and O–H groups in total. The third-order valence-corrected chi connectivity index (χ3v) is 6.03. The number of anilines is 1. The summed E-state index contributed by atoms with van der Waals surface area (Å²) >= 11 is 0. The first-order valence-corrected chi connectivity index (χ1v) is 11.4. The fourth-order valence-corrected chi connectivity index (χ4v) is 3.98. The van der Waals surface area contributed by atoms with E-state index in [1.807, 2.05) is 0 Å². The number of nitriles is 1. The number of nitrogens with zero attached hydrogens (tertiary/aromatic N) is 2. The third kappa shape index (κ3) is 5.82. The Bertz CT molecular complexity index is 1460. The van der Waals surface area contributed by atoms with E-state index in [0.29, 0.717) is 5.56 Å². The number of hydrogen-bond acceptors (Lipinski definition) is 8. The Morgan fingerprint density at radius 3 is 2.46 bits per heavy atom. The minimum atomic E-state index is -4.25. The van der Waals surface area contributed by atoms with Gasteiger partial charge in [0, 0.05) is 17.7 Å². The maximum absolute atomic E-state index is 12.8. The second-order valence-electron chi connectivity index (χ2n) is 7.11. The van der Waals surface area contributed by atoms with E-state index in [2.05, 4.69) is 5.32 Å². The lowest BCUT2D eigenvalue weighted by molar-refractivity contribution is -0.384. The monoisotopic (exact) mass is 493 g/mol. The van der Waals surface area contributed by atoms with Gasteiger partial charge < -0.3 is 14.2 Å². The first-order valence-electron chi connectivity index (χ1n) is 10.0. The Labute approximate surface area is 201 Å². The number of rotatable bonds is 8. The van der Waals surface area contributed by atoms with Crippen LogP contribution in [0.1, 0.15) is 11.1 Å². The number of nitro benzene ring substituents is 1. The van der Waals surface area contributed by atoms with Gasteiger partial charge in [-0.2, -0.15) is 13.7 Å². The number of para-hydroxylation sites is 1. The Hall–Kier alpha value is -4.69. The molecule has 0 spiro atoms. The number of methoxy groups -OCH3 is 1. The Kier molecular flexibility index (Phi) is 7.48. The largest absolute Gasteiger partial charge is 0.493 e. The van der Waals surface area contributed by atoms with E-state index < -0.39 is 26.5 Å². The van der Waals surface area contributed by atoms with Gasteiger partial charge >= 0.3 is 10.1 Å². The van der Waals surface area contributed by atoms with Gasteiger partial charge in [-0.15, -0.1) is 0 Å². The summed E-state index contributed by atoms with van der Waals surface area (Å²) in [6.45, 7) is 1.64. The maximum atomic E-state index is 12.8. The lowest BCUT2D eigenvalue weighted by atomic mass is 10.1. The number of carbonyl (C=O) groups excluding carboxylic acids is 1. The first kappa shape index (κ1) is 24.9. The molecule has 11 heteroatoms. The Morgan fingerprint density at radius 1 is 1.11 bits per heavy atom. The molecule has 0 heterocycles. The van der Waals surface area contributed by atoms with Crippen LogP contribution in [0.3, 0.4) is 0 Å². The zero-order valence-electron chi connectivity index (χ0n) is 18.6. The molecule has 0 bridgehead atoms. The van der Waals surface area contributed by atoms with E-state index in [9.17, 15) is 28.6 Å². The van der Waals surface area contributed by atoms with Gasteiger partial charge in [0.25, 0.3) is 11.6 Å². The molecule has 0 unspecified atom stereocenters. The molecule has 0 aliphatic rings. The topological polar surface area (TPSA) is 149 Å². The summed E-state index contributed by atoms with van der Waals surface area (Å²) in [5.74, 6) is -1.01. The number of hydrogen-bond donors (Lipinski definition) is 1. The molecule has 35 heavy (non-hydrogen) atoms. The summed E-state index contributed by atoms with van der Waals surface area (Å²) in [6, 6.07) is 17.6. The van der Waals surface area contributed by atoms with Crippen molar-refractivity contribution >= 4 is 33.5 Å². The lowest BCUT2D eigenvalue weighted by Crippen LogP contribution is -2.15. The number of aryl methyl sites for hydroxylation is 1. The summed E-state index contributed by atoms with van der Waals surface area (Å²) in [7, 11) is -2.94. The van der Waals surface area contributed by atoms with Gasteiger partial charge in [0.1, 0.15) is 16.5 Å². The van der Waals surface area contributed by atoms with Gasteiger partial charge in [-0.25, -0.2) is 0 Å². The number of nitro groups is 1. The summed E-state index contributed by atoms with van der Waals surface area (Å²) in [5, 5.41) is 23.1. The summed E-state index contributed by atoms with van der Waals surface area (Å²) in [5.41, 5.74) is 0.153. The SMILES string of the molecule is COc1cccc(/C=C(\C#N)C(=O)Nc2cc([N+](=O)[O-])ccc2C)c1OS(=O)(=O)c1ccccc1. The third-order valence-electron chi connectivity index (χ3n) is 4.80. The van der Waals surface area contributed by atoms with E-state index in [4.69, 9.17) is 8.92 Å². The Balaban J connectivity index is 2.00. The molecular formula is C24H19N3O7S. The van der Waals surface area contributed by atoms with Crippen molar-refractivity contribution in [1.82, 2.24) is 0 Å². The average Bonchev–Trinajstić information content (AvgIpc) is 2.84. The maximum Gasteiger partial charge on any atom is 0.339 e. The highest BCUT2D eigenvalue weighted by Gasteiger charge is 2.22. The van der Waals surface area contributed by atoms with Crippen molar-refractivity contribution in [2.75, 3.05) is 12.4 Å². The highest BCUT2D eigenvalue weighted by atomic mass is 32.2. The van der Waals surface area contributed by atoms with Gasteiger partial charge in [0.2, 0.25) is 0 Å². The molecule has 3 aromatic rings. The van der Waals surface area contributed by atoms with Crippen LogP contribution in [-0.2, 0) is 14.9 Å². The molecular weight excluding hydrogens is 474 g/mol. The number of benzene rings is 3. The molecule has 10 nitrogen and oxygen atoms in total. The lowest BCUT2D eigenvalue weighted by Gasteiger charge is -2.14. The van der Waals surface area contributed by atoms with E-state index in [0.717, 1.165) is 6.08 Å². The fourth-order valence-electron chi connectivity index (χ4n) is 2.99. The smallest absolute Gasteiger partial charge is 0.339 e. The molecule has 0 atom stereocenters. The summed E-state index contributed by atoms with van der Waals surface area (Å²) < 4.78 is 36.1. The molecule has 1 amide bonds. The van der Waals surface area contributed by atoms with Crippen molar-refractivity contribution in [3.05, 3.63) is 93.5 Å². The van der Waals surface area contributed by atoms with Crippen LogP contribution in [0.15, 0.2) is 77.2 Å². The number of nitrogens with one attached hydrogen (secondary N) is 1. The molecule has 0 saturated heterocycles. The molecule has 0 aromatic heterocycles. The van der Waals surface area contributed by atoms with Crippen LogP contribution in [0.25, 0.3) is 6.08 Å². The zero-order chi connectivity index (χ0) is 25.6. The molecule has 0 aliphatic carbocycles. The fraction of sp³-hybridized carbons (Fsp3) is 0.0833. The van der Waals surface area contributed by atoms with Crippen molar-refractivity contribution in [3.8, 4) is 17.6 Å². The molecule has 0 radical (unpaired) electrons. The van der Waals surface area contributed by atoms with Gasteiger partial charge in [0.15, 0.2) is 11.5 Å². The molecule has 3 aromatic carbocycles. The number of non-ortho nitro benzene ring substituents is 1. The van der Waals surface area contributed by atoms with E-state index in [1.54, 1.807) is 19.1 Å². The quantitative estimate of drug-likeness (QED) is 0.161. The molecule has 0 aliphatic heterocycles. The van der Waals surface area contributed by atoms with Crippen LogP contribution in [0, 0.1) is 28.4 Å². The van der Waals surface area contributed by atoms with Crippen LogP contribution in [0.5, 0.6) is 11.5 Å². The van der Waals surface area contributed by atoms with Crippen LogP contribution in [0.4, 0.5) is 11.4 Å². The molecule has 0 saturated carbocycles. The predicted octanol–water partition coefficient (Wildman–Crippen LogP) is 4.23. The number of ether oxygens (including phenoxy) is 1. The Morgan fingerprint density at radius 2 is 1.83 bits per heavy atom. The van der Waals surface area contributed by atoms with Crippen molar-refractivity contribution < 1.29 is 27.1 Å². The van der Waals surface area contributed by atoms with Gasteiger partial charge in [-0.05, 0) is 36.8 Å².